The number of carbonyl (C=O) groups excluding carboxylic acids is 1. The lowest BCUT2D eigenvalue weighted by Crippen LogP contribution is -2.39. The minimum Gasteiger partial charge on any atom is -0.504 e. The predicted octanol–water partition coefficient (Wildman–Crippen LogP) is 4.01. The molecule has 0 amide bonds. The van der Waals surface area contributed by atoms with E-state index in [1.54, 1.807) is 23.6 Å². The van der Waals surface area contributed by atoms with Gasteiger partial charge < -0.3 is 14.6 Å². The fraction of sp³-hybridized carbons (Fsp3) is 0.269. The Hall–Kier alpha value is -3.17. The first-order valence-electron chi connectivity index (χ1n) is 10.9. The number of rotatable bonds is 5. The predicted molar refractivity (Wildman–Crippen MR) is 139 cm³/mol. The van der Waals surface area contributed by atoms with Gasteiger partial charge in [-0.25, -0.2) is 9.79 Å². The van der Waals surface area contributed by atoms with Crippen molar-refractivity contribution in [2.24, 2.45) is 4.99 Å². The summed E-state index contributed by atoms with van der Waals surface area (Å²) >= 11 is 4.67. The third kappa shape index (κ3) is 4.58. The van der Waals surface area contributed by atoms with Crippen LogP contribution in [-0.2, 0) is 9.53 Å². The molecule has 35 heavy (non-hydrogen) atoms. The van der Waals surface area contributed by atoms with E-state index in [0.29, 0.717) is 42.3 Å². The number of hydrogen-bond acceptors (Lipinski definition) is 7. The number of benzene rings is 2. The summed E-state index contributed by atoms with van der Waals surface area (Å²) in [6.07, 6.45) is 1.71. The van der Waals surface area contributed by atoms with E-state index >= 15 is 0 Å². The van der Waals surface area contributed by atoms with E-state index in [1.165, 1.54) is 31.6 Å². The smallest absolute Gasteiger partial charge is 0.338 e. The molecule has 1 aliphatic rings. The van der Waals surface area contributed by atoms with E-state index in [0.717, 1.165) is 11.1 Å². The average Bonchev–Trinajstić information content (AvgIpc) is 3.13. The van der Waals surface area contributed by atoms with Crippen molar-refractivity contribution >= 4 is 39.3 Å². The molecule has 9 heteroatoms. The molecule has 1 aromatic heterocycles. The first-order valence-corrected chi connectivity index (χ1v) is 12.5. The van der Waals surface area contributed by atoms with Crippen molar-refractivity contribution in [1.82, 2.24) is 4.57 Å². The molecule has 0 saturated heterocycles. The molecule has 3 aromatic rings. The summed E-state index contributed by atoms with van der Waals surface area (Å²) < 4.78 is 12.9. The van der Waals surface area contributed by atoms with Crippen LogP contribution < -0.4 is 19.6 Å². The van der Waals surface area contributed by atoms with Crippen LogP contribution in [0.5, 0.6) is 11.5 Å². The van der Waals surface area contributed by atoms with Crippen LogP contribution in [0.1, 0.15) is 49.4 Å². The molecule has 0 aliphatic carbocycles. The normalized spacial score (nSPS) is 15.7. The van der Waals surface area contributed by atoms with Crippen LogP contribution in [0.4, 0.5) is 0 Å². The van der Waals surface area contributed by atoms with Crippen molar-refractivity contribution in [3.8, 4) is 11.5 Å². The number of fused-ring (bicyclic) bond motifs is 1. The van der Waals surface area contributed by atoms with Crippen LogP contribution in [0.3, 0.4) is 0 Å². The number of ether oxygens (including phenoxy) is 2. The summed E-state index contributed by atoms with van der Waals surface area (Å²) in [5.41, 5.74) is 3.18. The van der Waals surface area contributed by atoms with E-state index in [-0.39, 0.29) is 11.3 Å². The van der Waals surface area contributed by atoms with Crippen LogP contribution in [0.2, 0.25) is 0 Å². The summed E-state index contributed by atoms with van der Waals surface area (Å²) in [6, 6.07) is 10.4. The average molecular weight is 557 g/mol. The van der Waals surface area contributed by atoms with Gasteiger partial charge in [0.15, 0.2) is 16.3 Å². The number of halogens is 1. The largest absolute Gasteiger partial charge is 0.504 e. The molecular formula is C26H25BrN2O5S. The van der Waals surface area contributed by atoms with Crippen LogP contribution in [0.15, 0.2) is 61.9 Å². The lowest BCUT2D eigenvalue weighted by Gasteiger charge is -2.24. The highest BCUT2D eigenvalue weighted by molar-refractivity contribution is 9.10. The van der Waals surface area contributed by atoms with Crippen molar-refractivity contribution in [2.75, 3.05) is 14.2 Å². The first kappa shape index (κ1) is 24.9. The molecule has 1 atom stereocenters. The lowest BCUT2D eigenvalue weighted by molar-refractivity contribution is -0.136. The zero-order chi connectivity index (χ0) is 25.4. The second-order valence-corrected chi connectivity index (χ2v) is 10.3. The van der Waals surface area contributed by atoms with Gasteiger partial charge >= 0.3 is 5.97 Å². The van der Waals surface area contributed by atoms with Crippen LogP contribution in [0.25, 0.3) is 6.08 Å². The Morgan fingerprint density at radius 2 is 1.91 bits per heavy atom. The summed E-state index contributed by atoms with van der Waals surface area (Å²) in [7, 11) is 2.78. The van der Waals surface area contributed by atoms with Gasteiger partial charge in [0.2, 0.25) is 0 Å². The number of carbonyl (C=O) groups is 1. The molecule has 0 bridgehead atoms. The highest BCUT2D eigenvalue weighted by atomic mass is 79.9. The van der Waals surface area contributed by atoms with Crippen molar-refractivity contribution in [3.05, 3.63) is 88.5 Å². The number of aromatic hydroxyl groups is 1. The molecule has 1 N–H and O–H groups in total. The third-order valence-electron chi connectivity index (χ3n) is 5.93. The molecule has 2 aromatic carbocycles. The number of esters is 1. The van der Waals surface area contributed by atoms with Gasteiger partial charge in [-0.15, -0.1) is 0 Å². The minimum absolute atomic E-state index is 0.0128. The van der Waals surface area contributed by atoms with Crippen molar-refractivity contribution in [2.45, 2.75) is 32.7 Å². The molecule has 182 valence electrons. The summed E-state index contributed by atoms with van der Waals surface area (Å²) in [4.78, 5) is 31.5. The molecule has 2 heterocycles. The maximum atomic E-state index is 13.7. The van der Waals surface area contributed by atoms with Crippen molar-refractivity contribution < 1.29 is 19.4 Å². The lowest BCUT2D eigenvalue weighted by atomic mass is 9.93. The van der Waals surface area contributed by atoms with Gasteiger partial charge in [0.05, 0.1) is 36.1 Å². The molecule has 0 saturated carbocycles. The standard InChI is InChI=1S/C26H25BrN2O5S/c1-13(2)15-6-8-16(9-7-15)23-22(25(32)34-5)14(3)28-26-29(23)24(31)21(35-26)11-17-10-20(33-4)19(30)12-18(17)27/h6-13,23,30H,1-5H3. The van der Waals surface area contributed by atoms with E-state index in [4.69, 9.17) is 9.47 Å². The van der Waals surface area contributed by atoms with Gasteiger partial charge in [-0.05, 0) is 47.7 Å². The molecule has 1 unspecified atom stereocenters. The number of nitrogens with zero attached hydrogens (tertiary/aromatic N) is 2. The number of thiazole rings is 1. The van der Waals surface area contributed by atoms with Crippen LogP contribution >= 0.6 is 27.3 Å². The SMILES string of the molecule is COC(=O)C1=C(C)N=c2sc(=Cc3cc(OC)c(O)cc3Br)c(=O)n2C1c1ccc(C(C)C)cc1. The summed E-state index contributed by atoms with van der Waals surface area (Å²) in [5, 5.41) is 10.0. The van der Waals surface area contributed by atoms with Crippen LogP contribution in [0, 0.1) is 0 Å². The number of phenolic OH excluding ortho intramolecular Hbond substituents is 1. The zero-order valence-electron chi connectivity index (χ0n) is 20.0. The first-order chi connectivity index (χ1) is 16.7. The molecule has 0 spiro atoms. The molecule has 7 nitrogen and oxygen atoms in total. The van der Waals surface area contributed by atoms with E-state index in [2.05, 4.69) is 34.8 Å². The summed E-state index contributed by atoms with van der Waals surface area (Å²) in [5.74, 6) is 0.106. The quantitative estimate of drug-likeness (QED) is 0.479. The number of allylic oxidation sites excluding steroid dienone is 1. The Morgan fingerprint density at radius 1 is 1.23 bits per heavy atom. The zero-order valence-corrected chi connectivity index (χ0v) is 22.4. The molecular weight excluding hydrogens is 532 g/mol. The summed E-state index contributed by atoms with van der Waals surface area (Å²) in [6.45, 7) is 5.97. The van der Waals surface area contributed by atoms with Gasteiger partial charge in [0.1, 0.15) is 0 Å². The fourth-order valence-electron chi connectivity index (χ4n) is 4.05. The Morgan fingerprint density at radius 3 is 2.51 bits per heavy atom. The topological polar surface area (TPSA) is 90.1 Å². The van der Waals surface area contributed by atoms with Crippen molar-refractivity contribution in [3.63, 3.8) is 0 Å². The Labute approximate surface area is 214 Å². The monoisotopic (exact) mass is 556 g/mol. The number of aromatic nitrogens is 1. The van der Waals surface area contributed by atoms with Gasteiger partial charge in [-0.2, -0.15) is 0 Å². The Balaban J connectivity index is 1.95. The number of phenols is 1. The third-order valence-corrected chi connectivity index (χ3v) is 7.60. The van der Waals surface area contributed by atoms with Gasteiger partial charge in [0.25, 0.3) is 5.56 Å². The fourth-order valence-corrected chi connectivity index (χ4v) is 5.53. The van der Waals surface area contributed by atoms with Crippen molar-refractivity contribution in [1.29, 1.82) is 0 Å². The molecule has 0 fully saturated rings. The molecule has 4 rings (SSSR count). The van der Waals surface area contributed by atoms with Crippen LogP contribution in [-0.4, -0.2) is 29.9 Å². The second kappa shape index (κ2) is 9.83. The highest BCUT2D eigenvalue weighted by Gasteiger charge is 2.33. The van der Waals surface area contributed by atoms with E-state index in [9.17, 15) is 14.7 Å². The van der Waals surface area contributed by atoms with Gasteiger partial charge in [-0.1, -0.05) is 65.4 Å². The minimum atomic E-state index is -0.667. The highest BCUT2D eigenvalue weighted by Crippen LogP contribution is 2.33. The second-order valence-electron chi connectivity index (χ2n) is 8.44. The molecule has 1 aliphatic heterocycles. The van der Waals surface area contributed by atoms with Gasteiger partial charge in [0, 0.05) is 4.47 Å². The van der Waals surface area contributed by atoms with Gasteiger partial charge in [-0.3, -0.25) is 9.36 Å². The van der Waals surface area contributed by atoms with E-state index < -0.39 is 12.0 Å². The maximum absolute atomic E-state index is 13.7. The maximum Gasteiger partial charge on any atom is 0.338 e. The number of hydrogen-bond donors (Lipinski definition) is 1. The molecule has 0 radical (unpaired) electrons. The Kier molecular flexibility index (Phi) is 7.00. The Bertz CT molecular complexity index is 1520. The number of methoxy groups -OCH3 is 2. The van der Waals surface area contributed by atoms with E-state index in [1.807, 2.05) is 24.3 Å².